The highest BCUT2D eigenvalue weighted by atomic mass is 35.5. The highest BCUT2D eigenvalue weighted by Crippen LogP contribution is 2.28. The predicted molar refractivity (Wildman–Crippen MR) is 71.3 cm³/mol. The van der Waals surface area contributed by atoms with Gasteiger partial charge in [0.2, 0.25) is 0 Å². The van der Waals surface area contributed by atoms with Gasteiger partial charge in [0, 0.05) is 11.6 Å². The Labute approximate surface area is 110 Å². The average molecular weight is 266 g/mol. The largest absolute Gasteiger partial charge is 0.494 e. The Morgan fingerprint density at radius 1 is 1.17 bits per heavy atom. The monoisotopic (exact) mass is 265 g/mol. The average Bonchev–Trinajstić information content (AvgIpc) is 2.38. The Hall–Kier alpha value is -1.58. The molecule has 2 aromatic carbocycles. The molecule has 0 unspecified atom stereocenters. The number of methoxy groups -OCH3 is 1. The van der Waals surface area contributed by atoms with Crippen molar-refractivity contribution in [3.05, 3.63) is 52.8 Å². The van der Waals surface area contributed by atoms with E-state index in [-0.39, 0.29) is 5.75 Å². The van der Waals surface area contributed by atoms with Crippen LogP contribution in [0, 0.1) is 5.82 Å². The van der Waals surface area contributed by atoms with Crippen LogP contribution in [0.5, 0.6) is 5.75 Å². The van der Waals surface area contributed by atoms with Gasteiger partial charge in [0.25, 0.3) is 0 Å². The van der Waals surface area contributed by atoms with Gasteiger partial charge in [-0.3, -0.25) is 0 Å². The molecule has 0 saturated carbocycles. The smallest absolute Gasteiger partial charge is 0.165 e. The van der Waals surface area contributed by atoms with E-state index in [9.17, 15) is 4.39 Å². The first-order valence-corrected chi connectivity index (χ1v) is 5.86. The van der Waals surface area contributed by atoms with Crippen molar-refractivity contribution in [1.29, 1.82) is 0 Å². The molecular formula is C14H13ClFNO. The van der Waals surface area contributed by atoms with E-state index in [4.69, 9.17) is 22.1 Å². The summed E-state index contributed by atoms with van der Waals surface area (Å²) in [5.74, 6) is -0.169. The molecule has 0 aromatic heterocycles. The van der Waals surface area contributed by atoms with Gasteiger partial charge >= 0.3 is 0 Å². The van der Waals surface area contributed by atoms with Crippen LogP contribution in [0.25, 0.3) is 11.1 Å². The molecule has 2 rings (SSSR count). The Kier molecular flexibility index (Phi) is 3.84. The van der Waals surface area contributed by atoms with Gasteiger partial charge in [0.15, 0.2) is 11.6 Å². The van der Waals surface area contributed by atoms with Crippen molar-refractivity contribution >= 4 is 11.6 Å². The summed E-state index contributed by atoms with van der Waals surface area (Å²) in [5.41, 5.74) is 8.01. The summed E-state index contributed by atoms with van der Waals surface area (Å²) in [4.78, 5) is 0. The first-order valence-electron chi connectivity index (χ1n) is 5.48. The van der Waals surface area contributed by atoms with Gasteiger partial charge in [-0.25, -0.2) is 4.39 Å². The zero-order chi connectivity index (χ0) is 13.1. The first-order chi connectivity index (χ1) is 8.65. The molecule has 2 aromatic rings. The highest BCUT2D eigenvalue weighted by Gasteiger charge is 2.07. The van der Waals surface area contributed by atoms with Crippen LogP contribution >= 0.6 is 11.6 Å². The standard InChI is InChI=1S/C14H13ClFNO/c1-18-14-5-4-10(7-13(14)16)9-2-3-11(8-17)12(15)6-9/h2-7H,8,17H2,1H3. The van der Waals surface area contributed by atoms with Crippen LogP contribution in [0.2, 0.25) is 5.02 Å². The summed E-state index contributed by atoms with van der Waals surface area (Å²) >= 11 is 6.08. The van der Waals surface area contributed by atoms with Crippen molar-refractivity contribution in [1.82, 2.24) is 0 Å². The molecule has 0 aliphatic rings. The number of benzene rings is 2. The maximum atomic E-state index is 13.6. The molecule has 2 N–H and O–H groups in total. The lowest BCUT2D eigenvalue weighted by Crippen LogP contribution is -1.97. The lowest BCUT2D eigenvalue weighted by molar-refractivity contribution is 0.386. The van der Waals surface area contributed by atoms with Crippen molar-refractivity contribution in [2.24, 2.45) is 5.73 Å². The number of rotatable bonds is 3. The SMILES string of the molecule is COc1ccc(-c2ccc(CN)c(Cl)c2)cc1F. The van der Waals surface area contributed by atoms with Gasteiger partial charge < -0.3 is 10.5 Å². The highest BCUT2D eigenvalue weighted by molar-refractivity contribution is 6.31. The minimum Gasteiger partial charge on any atom is -0.494 e. The third-order valence-corrected chi connectivity index (χ3v) is 3.11. The molecular weight excluding hydrogens is 253 g/mol. The van der Waals surface area contributed by atoms with Crippen LogP contribution in [0.3, 0.4) is 0 Å². The van der Waals surface area contributed by atoms with Crippen LogP contribution < -0.4 is 10.5 Å². The molecule has 0 saturated heterocycles. The third-order valence-electron chi connectivity index (χ3n) is 2.76. The van der Waals surface area contributed by atoms with E-state index in [1.54, 1.807) is 18.2 Å². The van der Waals surface area contributed by atoms with Crippen molar-refractivity contribution < 1.29 is 9.13 Å². The van der Waals surface area contributed by atoms with E-state index >= 15 is 0 Å². The van der Waals surface area contributed by atoms with E-state index in [0.29, 0.717) is 11.6 Å². The normalized spacial score (nSPS) is 10.4. The van der Waals surface area contributed by atoms with Crippen molar-refractivity contribution in [2.45, 2.75) is 6.54 Å². The molecule has 18 heavy (non-hydrogen) atoms. The van der Waals surface area contributed by atoms with E-state index in [1.807, 2.05) is 12.1 Å². The third kappa shape index (κ3) is 2.47. The van der Waals surface area contributed by atoms with Crippen LogP contribution in [0.1, 0.15) is 5.56 Å². The zero-order valence-electron chi connectivity index (χ0n) is 9.91. The second-order valence-electron chi connectivity index (χ2n) is 3.86. The van der Waals surface area contributed by atoms with Gasteiger partial charge in [0.05, 0.1) is 7.11 Å². The fourth-order valence-electron chi connectivity index (χ4n) is 1.74. The topological polar surface area (TPSA) is 35.2 Å². The Morgan fingerprint density at radius 2 is 1.83 bits per heavy atom. The van der Waals surface area contributed by atoms with Crippen LogP contribution in [-0.2, 0) is 6.54 Å². The molecule has 0 heterocycles. The van der Waals surface area contributed by atoms with Gasteiger partial charge in [-0.15, -0.1) is 0 Å². The number of hydrogen-bond acceptors (Lipinski definition) is 2. The van der Waals surface area contributed by atoms with Gasteiger partial charge in [0.1, 0.15) is 0 Å². The van der Waals surface area contributed by atoms with Crippen molar-refractivity contribution in [3.63, 3.8) is 0 Å². The number of nitrogens with two attached hydrogens (primary N) is 1. The molecule has 94 valence electrons. The molecule has 0 amide bonds. The molecule has 0 radical (unpaired) electrons. The summed E-state index contributed by atoms with van der Waals surface area (Å²) in [6.45, 7) is 0.385. The first kappa shape index (κ1) is 12.9. The van der Waals surface area contributed by atoms with Crippen molar-refractivity contribution in [3.8, 4) is 16.9 Å². The fourth-order valence-corrected chi connectivity index (χ4v) is 2.00. The molecule has 0 bridgehead atoms. The molecule has 2 nitrogen and oxygen atoms in total. The maximum absolute atomic E-state index is 13.6. The minimum atomic E-state index is -0.394. The summed E-state index contributed by atoms with van der Waals surface area (Å²) < 4.78 is 18.5. The summed E-state index contributed by atoms with van der Waals surface area (Å²) in [6.07, 6.45) is 0. The second kappa shape index (κ2) is 5.38. The molecule has 0 spiro atoms. The molecule has 4 heteroatoms. The Bertz CT molecular complexity index is 520. The Balaban J connectivity index is 2.42. The second-order valence-corrected chi connectivity index (χ2v) is 4.27. The lowest BCUT2D eigenvalue weighted by atomic mass is 10.0. The quantitative estimate of drug-likeness (QED) is 0.920. The molecule has 0 atom stereocenters. The van der Waals surface area contributed by atoms with Crippen LogP contribution in [0.15, 0.2) is 36.4 Å². The van der Waals surface area contributed by atoms with Crippen molar-refractivity contribution in [2.75, 3.05) is 7.11 Å². The van der Waals surface area contributed by atoms with Gasteiger partial charge in [-0.1, -0.05) is 29.8 Å². The van der Waals surface area contributed by atoms with E-state index in [1.165, 1.54) is 13.2 Å². The maximum Gasteiger partial charge on any atom is 0.165 e. The molecule has 0 aliphatic carbocycles. The number of hydrogen-bond donors (Lipinski definition) is 1. The number of ether oxygens (including phenoxy) is 1. The summed E-state index contributed by atoms with van der Waals surface area (Å²) in [6, 6.07) is 10.3. The molecule has 0 fully saturated rings. The molecule has 0 aliphatic heterocycles. The van der Waals surface area contributed by atoms with Gasteiger partial charge in [-0.2, -0.15) is 0 Å². The predicted octanol–water partition coefficient (Wildman–Crippen LogP) is 3.61. The number of halogens is 2. The lowest BCUT2D eigenvalue weighted by Gasteiger charge is -2.07. The van der Waals surface area contributed by atoms with Gasteiger partial charge in [-0.05, 0) is 34.9 Å². The van der Waals surface area contributed by atoms with E-state index < -0.39 is 5.82 Å². The van der Waals surface area contributed by atoms with Crippen LogP contribution in [-0.4, -0.2) is 7.11 Å². The Morgan fingerprint density at radius 3 is 2.39 bits per heavy atom. The summed E-state index contributed by atoms with van der Waals surface area (Å²) in [7, 11) is 1.44. The van der Waals surface area contributed by atoms with E-state index in [2.05, 4.69) is 0 Å². The minimum absolute atomic E-state index is 0.225. The zero-order valence-corrected chi connectivity index (χ0v) is 10.7. The van der Waals surface area contributed by atoms with E-state index in [0.717, 1.165) is 16.7 Å². The van der Waals surface area contributed by atoms with Crippen LogP contribution in [0.4, 0.5) is 4.39 Å². The fraction of sp³-hybridized carbons (Fsp3) is 0.143. The summed E-state index contributed by atoms with van der Waals surface area (Å²) in [5, 5.41) is 0.589.